The number of nitrogens with zero attached hydrogens (tertiary/aromatic N) is 2. The van der Waals surface area contributed by atoms with Crippen LogP contribution in [0.15, 0.2) is 70.9 Å². The summed E-state index contributed by atoms with van der Waals surface area (Å²) in [5.74, 6) is 1.42. The van der Waals surface area contributed by atoms with Gasteiger partial charge in [0.2, 0.25) is 0 Å². The number of carbonyl (C=O) groups is 2. The lowest BCUT2D eigenvalue weighted by atomic mass is 10.2. The number of amides is 2. The van der Waals surface area contributed by atoms with Crippen molar-refractivity contribution in [3.63, 3.8) is 0 Å². The number of ether oxygens (including phenoxy) is 5. The van der Waals surface area contributed by atoms with Crippen LogP contribution in [0.3, 0.4) is 0 Å². The van der Waals surface area contributed by atoms with Crippen molar-refractivity contribution < 1.29 is 33.3 Å². The quantitative estimate of drug-likeness (QED) is 0.277. The molecule has 0 atom stereocenters. The van der Waals surface area contributed by atoms with E-state index in [2.05, 4.69) is 21.1 Å². The summed E-state index contributed by atoms with van der Waals surface area (Å²) in [6, 6.07) is 16.9. The molecule has 2 amide bonds. The Morgan fingerprint density at radius 2 is 1.21 bits per heavy atom. The maximum Gasteiger partial charge on any atom is 0.277 e. The largest absolute Gasteiger partial charge is 0.493 e. The highest BCUT2D eigenvalue weighted by atomic mass is 16.5. The van der Waals surface area contributed by atoms with Gasteiger partial charge in [0.1, 0.15) is 5.75 Å². The molecule has 0 unspecified atom stereocenters. The van der Waals surface area contributed by atoms with Gasteiger partial charge in [0.25, 0.3) is 11.8 Å². The molecule has 3 aromatic rings. The Morgan fingerprint density at radius 1 is 0.684 bits per heavy atom. The number of hydrazone groups is 2. The lowest BCUT2D eigenvalue weighted by Crippen LogP contribution is -2.25. The molecular formula is C27H28N4O7. The SMILES string of the molecule is COc1ccc(/C=N\NC(=O)c2ccccc2OCC(=O)N/N=C/c2ccc(OC)c(OC)c2)cc1OC. The average Bonchev–Trinajstić information content (AvgIpc) is 2.95. The number of para-hydroxylation sites is 1. The second kappa shape index (κ2) is 13.9. The molecule has 2 N–H and O–H groups in total. The van der Waals surface area contributed by atoms with Gasteiger partial charge in [-0.3, -0.25) is 9.59 Å². The minimum absolute atomic E-state index is 0.207. The van der Waals surface area contributed by atoms with Gasteiger partial charge in [-0.2, -0.15) is 10.2 Å². The topological polar surface area (TPSA) is 129 Å². The minimum atomic E-state index is -0.511. The number of nitrogens with one attached hydrogen (secondary N) is 2. The highest BCUT2D eigenvalue weighted by Crippen LogP contribution is 2.27. The van der Waals surface area contributed by atoms with Gasteiger partial charge in [0.15, 0.2) is 29.6 Å². The van der Waals surface area contributed by atoms with Gasteiger partial charge in [0.05, 0.1) is 46.4 Å². The van der Waals surface area contributed by atoms with Gasteiger partial charge in [-0.15, -0.1) is 0 Å². The number of rotatable bonds is 12. The van der Waals surface area contributed by atoms with Gasteiger partial charge >= 0.3 is 0 Å². The number of methoxy groups -OCH3 is 4. The van der Waals surface area contributed by atoms with Crippen LogP contribution in [0.25, 0.3) is 0 Å². The second-order valence-electron chi connectivity index (χ2n) is 7.51. The molecule has 0 aliphatic carbocycles. The summed E-state index contributed by atoms with van der Waals surface area (Å²) in [4.78, 5) is 24.9. The molecule has 11 heteroatoms. The van der Waals surface area contributed by atoms with Crippen molar-refractivity contribution in [2.45, 2.75) is 0 Å². The van der Waals surface area contributed by atoms with Crippen molar-refractivity contribution in [3.8, 4) is 28.7 Å². The third-order valence-corrected chi connectivity index (χ3v) is 5.09. The van der Waals surface area contributed by atoms with Crippen LogP contribution < -0.4 is 34.5 Å². The Kier molecular flexibility index (Phi) is 10.1. The highest BCUT2D eigenvalue weighted by Gasteiger charge is 2.13. The van der Waals surface area contributed by atoms with E-state index < -0.39 is 11.8 Å². The van der Waals surface area contributed by atoms with E-state index in [1.54, 1.807) is 74.9 Å². The molecule has 198 valence electrons. The van der Waals surface area contributed by atoms with Crippen molar-refractivity contribution in [1.82, 2.24) is 10.9 Å². The van der Waals surface area contributed by atoms with E-state index in [0.29, 0.717) is 34.1 Å². The van der Waals surface area contributed by atoms with Gasteiger partial charge in [0, 0.05) is 0 Å². The molecule has 0 bridgehead atoms. The molecule has 0 aliphatic heterocycles. The summed E-state index contributed by atoms with van der Waals surface area (Å²) in [6.45, 7) is -0.359. The Bertz CT molecular complexity index is 1320. The van der Waals surface area contributed by atoms with Gasteiger partial charge in [-0.25, -0.2) is 10.9 Å². The van der Waals surface area contributed by atoms with Crippen LogP contribution in [-0.2, 0) is 4.79 Å². The van der Waals surface area contributed by atoms with Gasteiger partial charge < -0.3 is 23.7 Å². The minimum Gasteiger partial charge on any atom is -0.493 e. The van der Waals surface area contributed by atoms with E-state index in [0.717, 1.165) is 0 Å². The third-order valence-electron chi connectivity index (χ3n) is 5.09. The molecule has 0 radical (unpaired) electrons. The third kappa shape index (κ3) is 7.47. The molecular weight excluding hydrogens is 492 g/mol. The standard InChI is InChI=1S/C27H28N4O7/c1-34-22-11-9-18(13-24(22)36-3)15-28-30-26(32)17-38-21-8-6-5-7-20(21)27(33)31-29-16-19-10-12-23(35-2)25(14-19)37-4/h5-16H,17H2,1-4H3,(H,30,32)(H,31,33)/b28-15+,29-16-. The Labute approximate surface area is 220 Å². The van der Waals surface area contributed by atoms with E-state index in [9.17, 15) is 9.59 Å². The van der Waals surface area contributed by atoms with Crippen LogP contribution in [-0.4, -0.2) is 59.3 Å². The number of hydrogen-bond acceptors (Lipinski definition) is 9. The van der Waals surface area contributed by atoms with E-state index >= 15 is 0 Å². The van der Waals surface area contributed by atoms with Gasteiger partial charge in [-0.1, -0.05) is 12.1 Å². The molecule has 0 saturated carbocycles. The monoisotopic (exact) mass is 520 g/mol. The summed E-state index contributed by atoms with van der Waals surface area (Å²) in [6.07, 6.45) is 2.92. The second-order valence-corrected chi connectivity index (χ2v) is 7.51. The highest BCUT2D eigenvalue weighted by molar-refractivity contribution is 5.97. The Hall–Kier alpha value is -5.06. The molecule has 0 aromatic heterocycles. The zero-order valence-electron chi connectivity index (χ0n) is 21.4. The molecule has 11 nitrogen and oxygen atoms in total. The van der Waals surface area contributed by atoms with Gasteiger partial charge in [-0.05, 0) is 59.7 Å². The van der Waals surface area contributed by atoms with Crippen molar-refractivity contribution >= 4 is 24.2 Å². The summed E-state index contributed by atoms with van der Waals surface area (Å²) in [5, 5.41) is 7.90. The summed E-state index contributed by atoms with van der Waals surface area (Å²) >= 11 is 0. The van der Waals surface area contributed by atoms with E-state index in [1.807, 2.05) is 0 Å². The molecule has 0 heterocycles. The molecule has 0 saturated heterocycles. The van der Waals surface area contributed by atoms with Crippen molar-refractivity contribution in [3.05, 3.63) is 77.4 Å². The fourth-order valence-corrected chi connectivity index (χ4v) is 3.23. The lowest BCUT2D eigenvalue weighted by Gasteiger charge is -2.10. The van der Waals surface area contributed by atoms with Crippen molar-refractivity contribution in [2.24, 2.45) is 10.2 Å². The predicted molar refractivity (Wildman–Crippen MR) is 142 cm³/mol. The van der Waals surface area contributed by atoms with E-state index in [4.69, 9.17) is 23.7 Å². The molecule has 3 aromatic carbocycles. The molecule has 0 aliphatic rings. The number of carbonyl (C=O) groups excluding carboxylic acids is 2. The van der Waals surface area contributed by atoms with Crippen LogP contribution >= 0.6 is 0 Å². The van der Waals surface area contributed by atoms with Crippen LogP contribution in [0, 0.1) is 0 Å². The van der Waals surface area contributed by atoms with Crippen LogP contribution in [0.1, 0.15) is 21.5 Å². The number of hydrogen-bond donors (Lipinski definition) is 2. The fraction of sp³-hybridized carbons (Fsp3) is 0.185. The first-order valence-corrected chi connectivity index (χ1v) is 11.3. The molecule has 3 rings (SSSR count). The molecule has 0 fully saturated rings. The van der Waals surface area contributed by atoms with Crippen molar-refractivity contribution in [2.75, 3.05) is 35.0 Å². The van der Waals surface area contributed by atoms with E-state index in [-0.39, 0.29) is 17.9 Å². The maximum absolute atomic E-state index is 12.7. The number of benzene rings is 3. The summed E-state index contributed by atoms with van der Waals surface area (Å²) < 4.78 is 26.4. The van der Waals surface area contributed by atoms with Crippen LogP contribution in [0.2, 0.25) is 0 Å². The van der Waals surface area contributed by atoms with Crippen LogP contribution in [0.4, 0.5) is 0 Å². The first-order chi connectivity index (χ1) is 18.5. The summed E-state index contributed by atoms with van der Waals surface area (Å²) in [5.41, 5.74) is 6.42. The predicted octanol–water partition coefficient (Wildman–Crippen LogP) is 3.01. The normalized spacial score (nSPS) is 10.7. The average molecular weight is 521 g/mol. The molecule has 0 spiro atoms. The first-order valence-electron chi connectivity index (χ1n) is 11.3. The Balaban J connectivity index is 1.55. The Morgan fingerprint density at radius 3 is 1.76 bits per heavy atom. The fourth-order valence-electron chi connectivity index (χ4n) is 3.23. The maximum atomic E-state index is 12.7. The van der Waals surface area contributed by atoms with Crippen LogP contribution in [0.5, 0.6) is 28.7 Å². The molecule has 38 heavy (non-hydrogen) atoms. The van der Waals surface area contributed by atoms with E-state index in [1.165, 1.54) is 26.6 Å². The lowest BCUT2D eigenvalue weighted by molar-refractivity contribution is -0.123. The summed E-state index contributed by atoms with van der Waals surface area (Å²) in [7, 11) is 6.15. The zero-order valence-corrected chi connectivity index (χ0v) is 21.4. The smallest absolute Gasteiger partial charge is 0.277 e. The first kappa shape index (κ1) is 27.5. The zero-order chi connectivity index (χ0) is 27.3. The van der Waals surface area contributed by atoms with Crippen molar-refractivity contribution in [1.29, 1.82) is 0 Å².